The lowest BCUT2D eigenvalue weighted by Crippen LogP contribution is -2.32. The van der Waals surface area contributed by atoms with Crippen LogP contribution in [0.1, 0.15) is 37.5 Å². The van der Waals surface area contributed by atoms with Crippen molar-refractivity contribution in [3.05, 3.63) is 71.3 Å². The van der Waals surface area contributed by atoms with Gasteiger partial charge in [-0.25, -0.2) is 13.1 Å². The number of benzene rings is 2. The van der Waals surface area contributed by atoms with Gasteiger partial charge in [-0.1, -0.05) is 62.7 Å². The molecule has 0 aliphatic carbocycles. The second-order valence-corrected chi connectivity index (χ2v) is 9.36. The molecular formula is C21H22F3NO3S. The molecule has 2 aromatic rings. The van der Waals surface area contributed by atoms with Crippen LogP contribution in [0.25, 0.3) is 5.57 Å². The Balaban J connectivity index is 2.41. The predicted molar refractivity (Wildman–Crippen MR) is 106 cm³/mol. The van der Waals surface area contributed by atoms with Crippen LogP contribution < -0.4 is 4.72 Å². The number of carbonyl (C=O) groups excluding carboxylic acids is 1. The van der Waals surface area contributed by atoms with Gasteiger partial charge >= 0.3 is 6.18 Å². The van der Waals surface area contributed by atoms with Crippen molar-refractivity contribution < 1.29 is 26.4 Å². The zero-order valence-corrected chi connectivity index (χ0v) is 17.3. The SMILES string of the molecule is Cc1ccc(S(=O)(=O)NC(=O)/C(=C\C(F)(F)F)c2ccc(C(C)(C)C)cc2)cc1. The smallest absolute Gasteiger partial charge is 0.268 e. The molecule has 0 fully saturated rings. The molecule has 1 N–H and O–H groups in total. The molecule has 2 aromatic carbocycles. The van der Waals surface area contributed by atoms with Crippen LogP contribution in [0, 0.1) is 6.92 Å². The number of allylic oxidation sites excluding steroid dienone is 1. The van der Waals surface area contributed by atoms with Gasteiger partial charge in [-0.05, 0) is 35.6 Å². The average Bonchev–Trinajstić information content (AvgIpc) is 2.58. The summed E-state index contributed by atoms with van der Waals surface area (Å²) < 4.78 is 65.6. The summed E-state index contributed by atoms with van der Waals surface area (Å²) in [6.45, 7) is 7.57. The maximum absolute atomic E-state index is 13.0. The third-order valence-corrected chi connectivity index (χ3v) is 5.52. The second-order valence-electron chi connectivity index (χ2n) is 7.67. The topological polar surface area (TPSA) is 63.2 Å². The minimum atomic E-state index is -4.80. The van der Waals surface area contributed by atoms with Crippen LogP contribution in [0.3, 0.4) is 0 Å². The van der Waals surface area contributed by atoms with Crippen molar-refractivity contribution in [2.24, 2.45) is 0 Å². The summed E-state index contributed by atoms with van der Waals surface area (Å²) in [5, 5.41) is 0. The van der Waals surface area contributed by atoms with E-state index in [4.69, 9.17) is 0 Å². The lowest BCUT2D eigenvalue weighted by Gasteiger charge is -2.19. The Labute approximate surface area is 168 Å². The van der Waals surface area contributed by atoms with Crippen molar-refractivity contribution in [3.8, 4) is 0 Å². The largest absolute Gasteiger partial charge is 0.410 e. The molecule has 0 spiro atoms. The van der Waals surface area contributed by atoms with Crippen LogP contribution in [0.5, 0.6) is 0 Å². The van der Waals surface area contributed by atoms with E-state index >= 15 is 0 Å². The third kappa shape index (κ3) is 6.19. The fraction of sp³-hybridized carbons (Fsp3) is 0.286. The molecule has 0 heterocycles. The van der Waals surface area contributed by atoms with Crippen molar-refractivity contribution in [1.82, 2.24) is 4.72 Å². The Hall–Kier alpha value is -2.61. The van der Waals surface area contributed by atoms with E-state index in [2.05, 4.69) is 0 Å². The van der Waals surface area contributed by atoms with Crippen molar-refractivity contribution in [2.45, 2.75) is 44.2 Å². The minimum Gasteiger partial charge on any atom is -0.268 e. The predicted octanol–water partition coefficient (Wildman–Crippen LogP) is 4.74. The van der Waals surface area contributed by atoms with Gasteiger partial charge in [0.25, 0.3) is 15.9 Å². The molecule has 1 amide bonds. The molecule has 0 radical (unpaired) electrons. The van der Waals surface area contributed by atoms with Crippen molar-refractivity contribution in [1.29, 1.82) is 0 Å². The lowest BCUT2D eigenvalue weighted by atomic mass is 9.86. The van der Waals surface area contributed by atoms with Gasteiger partial charge in [-0.2, -0.15) is 13.2 Å². The number of halogens is 3. The highest BCUT2D eigenvalue weighted by Crippen LogP contribution is 2.28. The highest BCUT2D eigenvalue weighted by atomic mass is 32.2. The number of hydrogen-bond donors (Lipinski definition) is 1. The van der Waals surface area contributed by atoms with E-state index in [1.54, 1.807) is 23.8 Å². The van der Waals surface area contributed by atoms with E-state index in [1.807, 2.05) is 20.8 Å². The molecule has 0 aliphatic rings. The van der Waals surface area contributed by atoms with E-state index < -0.39 is 27.7 Å². The van der Waals surface area contributed by atoms with E-state index in [0.29, 0.717) is 0 Å². The first-order valence-electron chi connectivity index (χ1n) is 8.73. The monoisotopic (exact) mass is 425 g/mol. The summed E-state index contributed by atoms with van der Waals surface area (Å²) in [5.41, 5.74) is 0.608. The molecule has 0 bridgehead atoms. The molecule has 4 nitrogen and oxygen atoms in total. The van der Waals surface area contributed by atoms with Gasteiger partial charge < -0.3 is 0 Å². The van der Waals surface area contributed by atoms with Crippen LogP contribution in [0.2, 0.25) is 0 Å². The third-order valence-electron chi connectivity index (χ3n) is 4.17. The standard InChI is InChI=1S/C21H22F3NO3S/c1-14-5-11-17(12-6-14)29(27,28)25-19(26)18(13-21(22,23)24)15-7-9-16(10-8-15)20(2,3)4/h5-13H,1-4H3,(H,25,26)/b18-13-. The van der Waals surface area contributed by atoms with Gasteiger partial charge in [-0.3, -0.25) is 4.79 Å². The highest BCUT2D eigenvalue weighted by molar-refractivity contribution is 7.90. The Bertz CT molecular complexity index is 1010. The Morgan fingerprint density at radius 1 is 0.931 bits per heavy atom. The Kier molecular flexibility index (Phi) is 6.27. The average molecular weight is 425 g/mol. The number of alkyl halides is 3. The number of sulfonamides is 1. The van der Waals surface area contributed by atoms with Crippen LogP contribution in [-0.4, -0.2) is 20.5 Å². The molecule has 2 rings (SSSR count). The fourth-order valence-corrected chi connectivity index (χ4v) is 3.51. The summed E-state index contributed by atoms with van der Waals surface area (Å²) in [6.07, 6.45) is -5.00. The number of amides is 1. The maximum atomic E-state index is 13.0. The van der Waals surface area contributed by atoms with Gasteiger partial charge in [0.1, 0.15) is 0 Å². The summed E-state index contributed by atoms with van der Waals surface area (Å²) in [5.74, 6) is -1.36. The lowest BCUT2D eigenvalue weighted by molar-refractivity contribution is -0.114. The second kappa shape index (κ2) is 8.02. The van der Waals surface area contributed by atoms with Crippen molar-refractivity contribution in [2.75, 3.05) is 0 Å². The highest BCUT2D eigenvalue weighted by Gasteiger charge is 2.29. The van der Waals surface area contributed by atoms with E-state index in [-0.39, 0.29) is 21.9 Å². The Morgan fingerprint density at radius 3 is 1.90 bits per heavy atom. The molecule has 0 saturated heterocycles. The molecule has 0 unspecified atom stereocenters. The summed E-state index contributed by atoms with van der Waals surface area (Å²) in [6, 6.07) is 11.6. The van der Waals surface area contributed by atoms with Gasteiger partial charge in [0.2, 0.25) is 0 Å². The number of rotatable bonds is 4. The molecule has 0 saturated carbocycles. The van der Waals surface area contributed by atoms with Gasteiger partial charge in [0.15, 0.2) is 0 Å². The molecule has 0 aromatic heterocycles. The molecule has 0 aliphatic heterocycles. The summed E-state index contributed by atoms with van der Waals surface area (Å²) >= 11 is 0. The van der Waals surface area contributed by atoms with E-state index in [0.717, 1.165) is 11.1 Å². The molecule has 29 heavy (non-hydrogen) atoms. The van der Waals surface area contributed by atoms with Crippen molar-refractivity contribution >= 4 is 21.5 Å². The van der Waals surface area contributed by atoms with Gasteiger partial charge in [0.05, 0.1) is 10.5 Å². The van der Waals surface area contributed by atoms with Gasteiger partial charge in [-0.15, -0.1) is 0 Å². The first-order chi connectivity index (χ1) is 13.2. The van der Waals surface area contributed by atoms with Crippen LogP contribution in [0.4, 0.5) is 13.2 Å². The molecular weight excluding hydrogens is 403 g/mol. The first-order valence-corrected chi connectivity index (χ1v) is 10.2. The quantitative estimate of drug-likeness (QED) is 0.720. The zero-order valence-electron chi connectivity index (χ0n) is 16.5. The first kappa shape index (κ1) is 22.7. The Morgan fingerprint density at radius 2 is 1.45 bits per heavy atom. The van der Waals surface area contributed by atoms with Crippen LogP contribution >= 0.6 is 0 Å². The van der Waals surface area contributed by atoms with E-state index in [9.17, 15) is 26.4 Å². The molecule has 0 atom stereocenters. The zero-order chi connectivity index (χ0) is 22.0. The number of aryl methyl sites for hydroxylation is 1. The van der Waals surface area contributed by atoms with E-state index in [1.165, 1.54) is 36.4 Å². The van der Waals surface area contributed by atoms with Crippen molar-refractivity contribution in [3.63, 3.8) is 0 Å². The molecule has 8 heteroatoms. The molecule has 156 valence electrons. The van der Waals surface area contributed by atoms with Gasteiger partial charge in [0, 0.05) is 6.08 Å². The summed E-state index contributed by atoms with van der Waals surface area (Å²) in [4.78, 5) is 12.3. The minimum absolute atomic E-state index is 0.0352. The number of carbonyl (C=O) groups is 1. The fourth-order valence-electron chi connectivity index (χ4n) is 2.55. The maximum Gasteiger partial charge on any atom is 0.410 e. The van der Waals surface area contributed by atoms with Crippen LogP contribution in [0.15, 0.2) is 59.5 Å². The number of hydrogen-bond acceptors (Lipinski definition) is 3. The normalized spacial score (nSPS) is 13.3. The number of nitrogens with one attached hydrogen (secondary N) is 1. The summed E-state index contributed by atoms with van der Waals surface area (Å²) in [7, 11) is -4.32. The van der Waals surface area contributed by atoms with Crippen LogP contribution in [-0.2, 0) is 20.2 Å².